The minimum Gasteiger partial charge on any atom is -0.353 e. The molecule has 0 saturated carbocycles. The van der Waals surface area contributed by atoms with E-state index in [0.717, 1.165) is 12.8 Å². The maximum Gasteiger partial charge on any atom is 0.274 e. The molecule has 8 nitrogen and oxygen atoms in total. The number of nitrogens with zero attached hydrogens (tertiary/aromatic N) is 2. The summed E-state index contributed by atoms with van der Waals surface area (Å²) in [5, 5.41) is 16.8. The van der Waals surface area contributed by atoms with Crippen molar-refractivity contribution in [2.75, 3.05) is 25.0 Å². The average Bonchev–Trinajstić information content (AvgIpc) is 2.63. The number of rotatable bonds is 7. The van der Waals surface area contributed by atoms with Gasteiger partial charge in [0.1, 0.15) is 0 Å². The highest BCUT2D eigenvalue weighted by Crippen LogP contribution is 2.22. The van der Waals surface area contributed by atoms with E-state index in [4.69, 9.17) is 0 Å². The number of piperidine rings is 1. The van der Waals surface area contributed by atoms with E-state index in [1.807, 2.05) is 11.8 Å². The van der Waals surface area contributed by atoms with Crippen molar-refractivity contribution in [3.8, 4) is 0 Å². The Morgan fingerprint density at radius 2 is 1.89 bits per heavy atom. The Hall–Kier alpha value is -2.48. The fourth-order valence-electron chi connectivity index (χ4n) is 3.15. The fraction of sp³-hybridized carbons (Fsp3) is 0.600. The lowest BCUT2D eigenvalue weighted by atomic mass is 9.95. The molecule has 1 aliphatic rings. The number of nitro benzene ring substituents is 1. The van der Waals surface area contributed by atoms with E-state index in [-0.39, 0.29) is 36.0 Å². The van der Waals surface area contributed by atoms with Crippen molar-refractivity contribution in [1.29, 1.82) is 0 Å². The Bertz CT molecular complexity index is 727. The Morgan fingerprint density at radius 3 is 2.46 bits per heavy atom. The molecule has 1 saturated heterocycles. The molecule has 0 bridgehead atoms. The lowest BCUT2D eigenvalue weighted by Gasteiger charge is -2.31. The molecule has 2 amide bonds. The second-order valence-electron chi connectivity index (χ2n) is 7.90. The van der Waals surface area contributed by atoms with Gasteiger partial charge in [-0.1, -0.05) is 19.9 Å². The molecular weight excluding hydrogens is 360 g/mol. The first kappa shape index (κ1) is 21.8. The molecule has 1 fully saturated rings. The smallest absolute Gasteiger partial charge is 0.274 e. The van der Waals surface area contributed by atoms with Crippen LogP contribution in [0.5, 0.6) is 0 Å². The molecule has 0 unspecified atom stereocenters. The summed E-state index contributed by atoms with van der Waals surface area (Å²) in [6.07, 6.45) is 1.44. The van der Waals surface area contributed by atoms with E-state index in [1.165, 1.54) is 6.07 Å². The third-order valence-corrected chi connectivity index (χ3v) is 5.39. The van der Waals surface area contributed by atoms with E-state index in [2.05, 4.69) is 24.5 Å². The summed E-state index contributed by atoms with van der Waals surface area (Å²) in [5.74, 6) is 0.261. The minimum atomic E-state index is -0.457. The molecular formula is C20H30N4O4. The van der Waals surface area contributed by atoms with Crippen LogP contribution in [0.25, 0.3) is 0 Å². The molecule has 0 aliphatic carbocycles. The van der Waals surface area contributed by atoms with Gasteiger partial charge >= 0.3 is 0 Å². The summed E-state index contributed by atoms with van der Waals surface area (Å²) in [4.78, 5) is 37.2. The average molecular weight is 390 g/mol. The standard InChI is InChI=1S/C20H30N4O4/c1-13(2)15(4)21-20(26)16-7-9-23(10-8-16)12-19(25)22-17-6-5-14(3)18(11-17)24(27)28/h5-6,11,13,15-16H,7-10,12H2,1-4H3,(H,21,26)(H,22,25)/t15-/m0/s1. The first-order valence-electron chi connectivity index (χ1n) is 9.75. The summed E-state index contributed by atoms with van der Waals surface area (Å²) in [6.45, 7) is 9.39. The second kappa shape index (κ2) is 9.64. The summed E-state index contributed by atoms with van der Waals surface area (Å²) in [5.41, 5.74) is 0.953. The van der Waals surface area contributed by atoms with Crippen molar-refractivity contribution in [3.63, 3.8) is 0 Å². The SMILES string of the molecule is Cc1ccc(NC(=O)CN2CCC(C(=O)N[C@@H](C)C(C)C)CC2)cc1[N+](=O)[O-]. The van der Waals surface area contributed by atoms with Crippen LogP contribution in [-0.2, 0) is 9.59 Å². The number of carbonyl (C=O) groups excluding carboxylic acids is 2. The quantitative estimate of drug-likeness (QED) is 0.550. The van der Waals surface area contributed by atoms with Crippen LogP contribution in [0, 0.1) is 28.9 Å². The summed E-state index contributed by atoms with van der Waals surface area (Å²) in [6, 6.07) is 4.80. The maximum atomic E-state index is 12.3. The number of hydrogen-bond donors (Lipinski definition) is 2. The minimum absolute atomic E-state index is 0.0136. The van der Waals surface area contributed by atoms with Crippen LogP contribution >= 0.6 is 0 Å². The second-order valence-corrected chi connectivity index (χ2v) is 7.90. The summed E-state index contributed by atoms with van der Waals surface area (Å²) >= 11 is 0. The first-order chi connectivity index (χ1) is 13.2. The van der Waals surface area contributed by atoms with Gasteiger partial charge in [-0.05, 0) is 51.8 Å². The molecule has 8 heteroatoms. The zero-order valence-corrected chi connectivity index (χ0v) is 17.0. The van der Waals surface area contributed by atoms with E-state index in [9.17, 15) is 19.7 Å². The Kier molecular flexibility index (Phi) is 7.51. The van der Waals surface area contributed by atoms with E-state index in [1.54, 1.807) is 19.1 Å². The van der Waals surface area contributed by atoms with Gasteiger partial charge in [0.05, 0.1) is 11.5 Å². The summed E-state index contributed by atoms with van der Waals surface area (Å²) in [7, 11) is 0. The number of likely N-dealkylation sites (tertiary alicyclic amines) is 1. The lowest BCUT2D eigenvalue weighted by molar-refractivity contribution is -0.385. The monoisotopic (exact) mass is 390 g/mol. The highest BCUT2D eigenvalue weighted by molar-refractivity contribution is 5.92. The van der Waals surface area contributed by atoms with Crippen LogP contribution in [0.4, 0.5) is 11.4 Å². The highest BCUT2D eigenvalue weighted by Gasteiger charge is 2.27. The number of hydrogen-bond acceptors (Lipinski definition) is 5. The zero-order chi connectivity index (χ0) is 20.8. The molecule has 2 N–H and O–H groups in total. The molecule has 1 aromatic rings. The Morgan fingerprint density at radius 1 is 1.25 bits per heavy atom. The van der Waals surface area contributed by atoms with Gasteiger partial charge in [-0.2, -0.15) is 0 Å². The molecule has 1 aliphatic heterocycles. The van der Waals surface area contributed by atoms with Crippen molar-refractivity contribution in [3.05, 3.63) is 33.9 Å². The number of carbonyl (C=O) groups is 2. The molecule has 1 atom stereocenters. The Labute approximate surface area is 165 Å². The van der Waals surface area contributed by atoms with Crippen molar-refractivity contribution in [1.82, 2.24) is 10.2 Å². The molecule has 28 heavy (non-hydrogen) atoms. The normalized spacial score (nSPS) is 16.6. The number of amides is 2. The molecule has 0 spiro atoms. The number of nitrogens with one attached hydrogen (secondary N) is 2. The van der Waals surface area contributed by atoms with Crippen LogP contribution in [-0.4, -0.2) is 47.3 Å². The number of benzene rings is 1. The molecule has 1 heterocycles. The van der Waals surface area contributed by atoms with Crippen LogP contribution in [0.15, 0.2) is 18.2 Å². The van der Waals surface area contributed by atoms with Gasteiger partial charge < -0.3 is 10.6 Å². The molecule has 0 aromatic heterocycles. The van der Waals surface area contributed by atoms with Crippen LogP contribution < -0.4 is 10.6 Å². The van der Waals surface area contributed by atoms with E-state index >= 15 is 0 Å². The fourth-order valence-corrected chi connectivity index (χ4v) is 3.15. The van der Waals surface area contributed by atoms with Crippen molar-refractivity contribution in [2.45, 2.75) is 46.6 Å². The third kappa shape index (κ3) is 6.02. The molecule has 0 radical (unpaired) electrons. The van der Waals surface area contributed by atoms with Crippen LogP contribution in [0.3, 0.4) is 0 Å². The molecule has 154 valence electrons. The van der Waals surface area contributed by atoms with Gasteiger partial charge in [0.15, 0.2) is 0 Å². The van der Waals surface area contributed by atoms with Gasteiger partial charge in [-0.3, -0.25) is 24.6 Å². The van der Waals surface area contributed by atoms with Crippen molar-refractivity contribution in [2.24, 2.45) is 11.8 Å². The van der Waals surface area contributed by atoms with Gasteiger partial charge in [0.25, 0.3) is 5.69 Å². The predicted octanol–water partition coefficient (Wildman–Crippen LogP) is 2.71. The number of nitro groups is 1. The predicted molar refractivity (Wildman–Crippen MR) is 108 cm³/mol. The van der Waals surface area contributed by atoms with Gasteiger partial charge in [0, 0.05) is 29.3 Å². The van der Waals surface area contributed by atoms with Gasteiger partial charge in [-0.25, -0.2) is 0 Å². The largest absolute Gasteiger partial charge is 0.353 e. The topological polar surface area (TPSA) is 105 Å². The number of aryl methyl sites for hydroxylation is 1. The highest BCUT2D eigenvalue weighted by atomic mass is 16.6. The molecule has 2 rings (SSSR count). The number of anilines is 1. The van der Waals surface area contributed by atoms with Gasteiger partial charge in [-0.15, -0.1) is 0 Å². The molecule has 1 aromatic carbocycles. The van der Waals surface area contributed by atoms with Crippen molar-refractivity contribution < 1.29 is 14.5 Å². The van der Waals surface area contributed by atoms with Crippen molar-refractivity contribution >= 4 is 23.2 Å². The van der Waals surface area contributed by atoms with Crippen LogP contribution in [0.1, 0.15) is 39.2 Å². The van der Waals surface area contributed by atoms with E-state index in [0.29, 0.717) is 30.3 Å². The Balaban J connectivity index is 1.81. The first-order valence-corrected chi connectivity index (χ1v) is 9.75. The summed E-state index contributed by atoms with van der Waals surface area (Å²) < 4.78 is 0. The lowest BCUT2D eigenvalue weighted by Crippen LogP contribution is -2.45. The van der Waals surface area contributed by atoms with Gasteiger partial charge in [0.2, 0.25) is 11.8 Å². The third-order valence-electron chi connectivity index (χ3n) is 5.39. The van der Waals surface area contributed by atoms with Crippen LogP contribution in [0.2, 0.25) is 0 Å². The maximum absolute atomic E-state index is 12.3. The van der Waals surface area contributed by atoms with E-state index < -0.39 is 4.92 Å². The zero-order valence-electron chi connectivity index (χ0n) is 17.0.